The summed E-state index contributed by atoms with van der Waals surface area (Å²) in [5, 5.41) is 0.300. The van der Waals surface area contributed by atoms with Crippen LogP contribution in [0.2, 0.25) is 5.02 Å². The summed E-state index contributed by atoms with van der Waals surface area (Å²) in [6, 6.07) is 7.12. The molecule has 1 saturated heterocycles. The highest BCUT2D eigenvalue weighted by molar-refractivity contribution is 7.89. The fraction of sp³-hybridized carbons (Fsp3) is 0.400. The first-order chi connectivity index (χ1) is 7.60. The van der Waals surface area contributed by atoms with Crippen molar-refractivity contribution in [2.75, 3.05) is 26.3 Å². The first-order valence-corrected chi connectivity index (χ1v) is 6.67. The first-order valence-electron chi connectivity index (χ1n) is 4.86. The van der Waals surface area contributed by atoms with Gasteiger partial charge >= 0.3 is 0 Å². The summed E-state index contributed by atoms with van der Waals surface area (Å²) in [5.74, 6) is 0. The smallest absolute Gasteiger partial charge is 0.243 e. The molecule has 4 nitrogen and oxygen atoms in total. The zero-order valence-corrected chi connectivity index (χ0v) is 10.1. The number of rotatable bonds is 2. The molecule has 0 aromatic heterocycles. The van der Waals surface area contributed by atoms with Gasteiger partial charge in [-0.1, -0.05) is 17.7 Å². The van der Waals surface area contributed by atoms with Gasteiger partial charge in [-0.05, 0) is 12.1 Å². The van der Waals surface area contributed by atoms with Crippen LogP contribution in [0.25, 0.3) is 0 Å². The number of morpholine rings is 1. The molecular formula is C10H11ClNO3S. The van der Waals surface area contributed by atoms with E-state index in [9.17, 15) is 8.42 Å². The van der Waals surface area contributed by atoms with Gasteiger partial charge in [0.15, 0.2) is 0 Å². The van der Waals surface area contributed by atoms with E-state index in [0.717, 1.165) is 0 Å². The Labute approximate surface area is 99.8 Å². The SMILES string of the molecule is O=S(=O)(c1cc[c]c(Cl)c1)N1CCOCC1. The monoisotopic (exact) mass is 260 g/mol. The predicted molar refractivity (Wildman–Crippen MR) is 59.9 cm³/mol. The van der Waals surface area contributed by atoms with Crippen LogP contribution < -0.4 is 0 Å². The summed E-state index contributed by atoms with van der Waals surface area (Å²) >= 11 is 5.73. The van der Waals surface area contributed by atoms with Gasteiger partial charge in [0.1, 0.15) is 0 Å². The van der Waals surface area contributed by atoms with Crippen LogP contribution in [0.5, 0.6) is 0 Å². The van der Waals surface area contributed by atoms with E-state index in [2.05, 4.69) is 6.07 Å². The van der Waals surface area contributed by atoms with Crippen LogP contribution in [0, 0.1) is 6.07 Å². The quantitative estimate of drug-likeness (QED) is 0.802. The van der Waals surface area contributed by atoms with Gasteiger partial charge in [-0.25, -0.2) is 8.42 Å². The molecule has 1 aliphatic heterocycles. The molecule has 0 N–H and O–H groups in total. The third-order valence-electron chi connectivity index (χ3n) is 2.35. The fourth-order valence-corrected chi connectivity index (χ4v) is 3.19. The molecule has 1 fully saturated rings. The highest BCUT2D eigenvalue weighted by atomic mass is 35.5. The number of sulfonamides is 1. The van der Waals surface area contributed by atoms with E-state index in [1.54, 1.807) is 0 Å². The normalized spacial score (nSPS) is 18.6. The van der Waals surface area contributed by atoms with Crippen LogP contribution in [0.4, 0.5) is 0 Å². The molecule has 2 rings (SSSR count). The molecule has 6 heteroatoms. The molecule has 0 spiro atoms. The van der Waals surface area contributed by atoms with E-state index < -0.39 is 10.0 Å². The average Bonchev–Trinajstić information content (AvgIpc) is 2.30. The minimum absolute atomic E-state index is 0.207. The third kappa shape index (κ3) is 2.38. The molecule has 16 heavy (non-hydrogen) atoms. The van der Waals surface area contributed by atoms with Crippen molar-refractivity contribution in [1.82, 2.24) is 4.31 Å². The lowest BCUT2D eigenvalue weighted by molar-refractivity contribution is 0.0730. The summed E-state index contributed by atoms with van der Waals surface area (Å²) in [4.78, 5) is 0.207. The Hall–Kier alpha value is -0.620. The van der Waals surface area contributed by atoms with E-state index in [4.69, 9.17) is 16.3 Å². The molecule has 1 aliphatic rings. The number of benzene rings is 1. The highest BCUT2D eigenvalue weighted by Crippen LogP contribution is 2.19. The molecule has 0 bridgehead atoms. The van der Waals surface area contributed by atoms with Crippen molar-refractivity contribution < 1.29 is 13.2 Å². The second kappa shape index (κ2) is 4.71. The second-order valence-electron chi connectivity index (χ2n) is 3.39. The minimum atomic E-state index is -3.44. The maximum absolute atomic E-state index is 12.1. The van der Waals surface area contributed by atoms with Crippen molar-refractivity contribution in [1.29, 1.82) is 0 Å². The van der Waals surface area contributed by atoms with Gasteiger partial charge in [0.25, 0.3) is 0 Å². The number of nitrogens with zero attached hydrogens (tertiary/aromatic N) is 1. The average molecular weight is 261 g/mol. The molecule has 1 radical (unpaired) electrons. The van der Waals surface area contributed by atoms with Crippen LogP contribution in [0.15, 0.2) is 23.1 Å². The molecule has 87 valence electrons. The third-order valence-corrected chi connectivity index (χ3v) is 4.46. The Morgan fingerprint density at radius 2 is 2.06 bits per heavy atom. The second-order valence-corrected chi connectivity index (χ2v) is 5.73. The van der Waals surface area contributed by atoms with E-state index in [1.807, 2.05) is 0 Å². The lowest BCUT2D eigenvalue weighted by Gasteiger charge is -2.26. The molecule has 0 unspecified atom stereocenters. The van der Waals surface area contributed by atoms with E-state index in [1.165, 1.54) is 22.5 Å². The fourth-order valence-electron chi connectivity index (χ4n) is 1.51. The summed E-state index contributed by atoms with van der Waals surface area (Å²) in [7, 11) is -3.44. The molecule has 1 heterocycles. The molecule has 1 aromatic carbocycles. The van der Waals surface area contributed by atoms with Gasteiger partial charge in [0, 0.05) is 24.2 Å². The van der Waals surface area contributed by atoms with Crippen LogP contribution in [0.3, 0.4) is 0 Å². The van der Waals surface area contributed by atoms with Gasteiger partial charge in [0.05, 0.1) is 18.1 Å². The molecule has 0 aliphatic carbocycles. The highest BCUT2D eigenvalue weighted by Gasteiger charge is 2.26. The van der Waals surface area contributed by atoms with E-state index >= 15 is 0 Å². The summed E-state index contributed by atoms with van der Waals surface area (Å²) < 4.78 is 30.8. The van der Waals surface area contributed by atoms with Crippen molar-refractivity contribution >= 4 is 21.6 Å². The van der Waals surface area contributed by atoms with Crippen molar-refractivity contribution in [2.24, 2.45) is 0 Å². The number of hydrogen-bond acceptors (Lipinski definition) is 3. The molecule has 0 saturated carbocycles. The number of hydrogen-bond donors (Lipinski definition) is 0. The standard InChI is InChI=1S/C10H11ClNO3S/c11-9-2-1-3-10(8-9)16(13,14)12-4-6-15-7-5-12/h1,3,8H,4-7H2. The van der Waals surface area contributed by atoms with Gasteiger partial charge < -0.3 is 4.74 Å². The predicted octanol–water partition coefficient (Wildman–Crippen LogP) is 1.16. The summed E-state index contributed by atoms with van der Waals surface area (Å²) in [6.45, 7) is 1.65. The van der Waals surface area contributed by atoms with E-state index in [0.29, 0.717) is 31.3 Å². The van der Waals surface area contributed by atoms with Crippen LogP contribution in [-0.4, -0.2) is 39.0 Å². The first kappa shape index (κ1) is 11.9. The minimum Gasteiger partial charge on any atom is -0.379 e. The van der Waals surface area contributed by atoms with Crippen LogP contribution in [0.1, 0.15) is 0 Å². The lowest BCUT2D eigenvalue weighted by Crippen LogP contribution is -2.40. The molecule has 1 aromatic rings. The Kier molecular flexibility index (Phi) is 3.49. The van der Waals surface area contributed by atoms with Crippen LogP contribution >= 0.6 is 11.6 Å². The van der Waals surface area contributed by atoms with E-state index in [-0.39, 0.29) is 4.90 Å². The topological polar surface area (TPSA) is 46.6 Å². The summed E-state index contributed by atoms with van der Waals surface area (Å²) in [6.07, 6.45) is 0. The Morgan fingerprint density at radius 3 is 2.69 bits per heavy atom. The van der Waals surface area contributed by atoms with Gasteiger partial charge in [-0.2, -0.15) is 4.31 Å². The lowest BCUT2D eigenvalue weighted by atomic mass is 10.4. The Bertz CT molecular complexity index is 469. The number of halogens is 1. The van der Waals surface area contributed by atoms with Crippen molar-refractivity contribution in [3.05, 3.63) is 29.3 Å². The van der Waals surface area contributed by atoms with Crippen molar-refractivity contribution in [3.8, 4) is 0 Å². The largest absolute Gasteiger partial charge is 0.379 e. The maximum Gasteiger partial charge on any atom is 0.243 e. The zero-order chi connectivity index (χ0) is 11.6. The number of ether oxygens (including phenoxy) is 1. The molecule has 0 atom stereocenters. The van der Waals surface area contributed by atoms with Gasteiger partial charge in [0.2, 0.25) is 10.0 Å². The van der Waals surface area contributed by atoms with Gasteiger partial charge in [-0.15, -0.1) is 0 Å². The maximum atomic E-state index is 12.1. The van der Waals surface area contributed by atoms with Crippen molar-refractivity contribution in [2.45, 2.75) is 4.90 Å². The van der Waals surface area contributed by atoms with Gasteiger partial charge in [-0.3, -0.25) is 0 Å². The zero-order valence-electron chi connectivity index (χ0n) is 8.52. The summed E-state index contributed by atoms with van der Waals surface area (Å²) in [5.41, 5.74) is 0. The Morgan fingerprint density at radius 1 is 1.38 bits per heavy atom. The molecule has 0 amide bonds. The molecular weight excluding hydrogens is 250 g/mol. The van der Waals surface area contributed by atoms with Crippen molar-refractivity contribution in [3.63, 3.8) is 0 Å². The Balaban J connectivity index is 2.30. The van der Waals surface area contributed by atoms with Crippen LogP contribution in [-0.2, 0) is 14.8 Å².